The van der Waals surface area contributed by atoms with E-state index in [0.717, 1.165) is 43.4 Å². The number of aryl methyl sites for hydroxylation is 1. The second-order valence-corrected chi connectivity index (χ2v) is 8.84. The van der Waals surface area contributed by atoms with E-state index < -0.39 is 11.6 Å². The number of rotatable bonds is 4. The maximum atomic E-state index is 11.1. The molecule has 0 unspecified atom stereocenters. The van der Waals surface area contributed by atoms with Crippen LogP contribution in [-0.2, 0) is 11.2 Å². The molecule has 1 saturated carbocycles. The summed E-state index contributed by atoms with van der Waals surface area (Å²) in [5, 5.41) is 9.17. The average molecular weight is 409 g/mol. The van der Waals surface area contributed by atoms with Gasteiger partial charge in [-0.05, 0) is 64.4 Å². The molecule has 1 aromatic carbocycles. The van der Waals surface area contributed by atoms with Crippen molar-refractivity contribution in [3.05, 3.63) is 41.2 Å². The van der Waals surface area contributed by atoms with Gasteiger partial charge in [-0.25, -0.2) is 9.98 Å². The Morgan fingerprint density at radius 3 is 2.47 bits per heavy atom. The fourth-order valence-electron chi connectivity index (χ4n) is 4.43. The molecule has 7 nitrogen and oxygen atoms in total. The highest BCUT2D eigenvalue weighted by Crippen LogP contribution is 2.39. The number of nitrogens with two attached hydrogens (primary N) is 1. The minimum atomic E-state index is -0.654. The van der Waals surface area contributed by atoms with Crippen molar-refractivity contribution in [3.8, 4) is 5.88 Å². The fourth-order valence-corrected chi connectivity index (χ4v) is 4.43. The molecule has 3 N–H and O–H groups in total. The number of fused-ring (bicyclic) bond motifs is 1. The minimum Gasteiger partial charge on any atom is -0.481 e. The standard InChI is InChI=1S/C23H28N4O3/c1-13-25-20(24)18-21(26-13)30-23(2,3)19(27-18)16-8-4-14(5-9-16)12-15-6-10-17(11-7-15)22(28)29/h4-5,8-9,15,17H,6-7,10-12H2,1-3H3,(H,28,29)(H2,24,25,26). The number of carboxylic acid groups (broad SMARTS) is 1. The molecule has 30 heavy (non-hydrogen) atoms. The predicted octanol–water partition coefficient (Wildman–Crippen LogP) is 4.09. The molecule has 0 spiro atoms. The van der Waals surface area contributed by atoms with Gasteiger partial charge in [-0.2, -0.15) is 4.98 Å². The minimum absolute atomic E-state index is 0.168. The van der Waals surface area contributed by atoms with E-state index in [4.69, 9.17) is 20.6 Å². The molecule has 1 fully saturated rings. The summed E-state index contributed by atoms with van der Waals surface area (Å²) in [6.07, 6.45) is 4.48. The van der Waals surface area contributed by atoms with Gasteiger partial charge in [-0.1, -0.05) is 24.3 Å². The van der Waals surface area contributed by atoms with Crippen LogP contribution in [0.4, 0.5) is 11.5 Å². The highest BCUT2D eigenvalue weighted by Gasteiger charge is 2.35. The number of aliphatic imine (C=N–C) groups is 1. The van der Waals surface area contributed by atoms with E-state index >= 15 is 0 Å². The van der Waals surface area contributed by atoms with Gasteiger partial charge in [0.15, 0.2) is 11.5 Å². The molecule has 0 bridgehead atoms. The fraction of sp³-hybridized carbons (Fsp3) is 0.478. The largest absolute Gasteiger partial charge is 0.481 e. The molecule has 7 heteroatoms. The third kappa shape index (κ3) is 4.01. The van der Waals surface area contributed by atoms with Crippen LogP contribution in [0.1, 0.15) is 56.5 Å². The maximum absolute atomic E-state index is 11.1. The predicted molar refractivity (Wildman–Crippen MR) is 115 cm³/mol. The van der Waals surface area contributed by atoms with E-state index in [1.165, 1.54) is 5.56 Å². The molecule has 4 rings (SSSR count). The third-order valence-corrected chi connectivity index (χ3v) is 6.08. The summed E-state index contributed by atoms with van der Waals surface area (Å²) >= 11 is 0. The smallest absolute Gasteiger partial charge is 0.306 e. The van der Waals surface area contributed by atoms with Crippen LogP contribution >= 0.6 is 0 Å². The second kappa shape index (κ2) is 7.70. The van der Waals surface area contributed by atoms with Crippen LogP contribution in [0.3, 0.4) is 0 Å². The van der Waals surface area contributed by atoms with Crippen molar-refractivity contribution < 1.29 is 14.6 Å². The Balaban J connectivity index is 1.52. The zero-order valence-corrected chi connectivity index (χ0v) is 17.7. The summed E-state index contributed by atoms with van der Waals surface area (Å²) in [6, 6.07) is 8.39. The summed E-state index contributed by atoms with van der Waals surface area (Å²) in [7, 11) is 0. The SMILES string of the molecule is Cc1nc(N)c2c(n1)OC(C)(C)C(c1ccc(CC3CCC(C(=O)O)CC3)cc1)=N2. The van der Waals surface area contributed by atoms with Crippen molar-refractivity contribution >= 4 is 23.2 Å². The van der Waals surface area contributed by atoms with Gasteiger partial charge in [0.2, 0.25) is 5.88 Å². The Morgan fingerprint density at radius 1 is 1.17 bits per heavy atom. The van der Waals surface area contributed by atoms with Gasteiger partial charge in [-0.3, -0.25) is 4.79 Å². The van der Waals surface area contributed by atoms with Crippen molar-refractivity contribution in [2.75, 3.05) is 5.73 Å². The molecule has 2 aromatic rings. The van der Waals surface area contributed by atoms with Gasteiger partial charge in [-0.15, -0.1) is 0 Å². The molecular weight excluding hydrogens is 380 g/mol. The lowest BCUT2D eigenvalue weighted by Gasteiger charge is -2.32. The molecular formula is C23H28N4O3. The zero-order valence-electron chi connectivity index (χ0n) is 17.7. The highest BCUT2D eigenvalue weighted by molar-refractivity contribution is 6.09. The van der Waals surface area contributed by atoms with Gasteiger partial charge in [0, 0.05) is 5.56 Å². The van der Waals surface area contributed by atoms with Crippen LogP contribution in [0.25, 0.3) is 0 Å². The Bertz CT molecular complexity index is 990. The van der Waals surface area contributed by atoms with Crippen molar-refractivity contribution in [3.63, 3.8) is 0 Å². The quantitative estimate of drug-likeness (QED) is 0.788. The third-order valence-electron chi connectivity index (χ3n) is 6.08. The number of benzene rings is 1. The molecule has 0 radical (unpaired) electrons. The topological polar surface area (TPSA) is 111 Å². The first-order valence-corrected chi connectivity index (χ1v) is 10.5. The van der Waals surface area contributed by atoms with Crippen molar-refractivity contribution in [2.24, 2.45) is 16.8 Å². The van der Waals surface area contributed by atoms with Gasteiger partial charge < -0.3 is 15.6 Å². The van der Waals surface area contributed by atoms with Crippen LogP contribution < -0.4 is 10.5 Å². The van der Waals surface area contributed by atoms with E-state index in [1.807, 2.05) is 13.8 Å². The Labute approximate surface area is 176 Å². The number of anilines is 1. The number of ether oxygens (including phenoxy) is 1. The molecule has 0 atom stereocenters. The lowest BCUT2D eigenvalue weighted by atomic mass is 9.79. The van der Waals surface area contributed by atoms with Gasteiger partial charge in [0.25, 0.3) is 0 Å². The van der Waals surface area contributed by atoms with Gasteiger partial charge >= 0.3 is 5.97 Å². The molecule has 0 saturated heterocycles. The summed E-state index contributed by atoms with van der Waals surface area (Å²) in [5.74, 6) is 1.02. The van der Waals surface area contributed by atoms with Crippen LogP contribution in [0, 0.1) is 18.8 Å². The first kappa shape index (κ1) is 20.3. The first-order chi connectivity index (χ1) is 14.2. The highest BCUT2D eigenvalue weighted by atomic mass is 16.5. The van der Waals surface area contributed by atoms with Gasteiger partial charge in [0.05, 0.1) is 11.6 Å². The van der Waals surface area contributed by atoms with E-state index in [2.05, 4.69) is 34.2 Å². The lowest BCUT2D eigenvalue weighted by molar-refractivity contribution is -0.143. The molecule has 1 aliphatic heterocycles. The molecule has 1 aliphatic carbocycles. The van der Waals surface area contributed by atoms with E-state index in [-0.39, 0.29) is 5.92 Å². The zero-order chi connectivity index (χ0) is 21.5. The van der Waals surface area contributed by atoms with E-state index in [0.29, 0.717) is 29.1 Å². The molecule has 2 aliphatic rings. The van der Waals surface area contributed by atoms with Crippen molar-refractivity contribution in [1.82, 2.24) is 9.97 Å². The van der Waals surface area contributed by atoms with Gasteiger partial charge in [0.1, 0.15) is 11.4 Å². The van der Waals surface area contributed by atoms with Crippen LogP contribution in [0.5, 0.6) is 5.88 Å². The molecule has 1 aromatic heterocycles. The summed E-state index contributed by atoms with van der Waals surface area (Å²) in [4.78, 5) is 24.4. The number of hydrogen-bond donors (Lipinski definition) is 2. The number of nitrogens with zero attached hydrogens (tertiary/aromatic N) is 3. The number of aliphatic carboxylic acids is 1. The molecule has 158 valence electrons. The normalized spacial score (nSPS) is 22.6. The summed E-state index contributed by atoms with van der Waals surface area (Å²) < 4.78 is 6.12. The Hall–Kier alpha value is -2.96. The lowest BCUT2D eigenvalue weighted by Crippen LogP contribution is -2.41. The Morgan fingerprint density at radius 2 is 1.83 bits per heavy atom. The maximum Gasteiger partial charge on any atom is 0.306 e. The Kier molecular flexibility index (Phi) is 5.22. The number of hydrogen-bond acceptors (Lipinski definition) is 6. The second-order valence-electron chi connectivity index (χ2n) is 8.84. The van der Waals surface area contributed by atoms with E-state index in [9.17, 15) is 4.79 Å². The number of nitrogen functional groups attached to an aromatic ring is 1. The van der Waals surface area contributed by atoms with Crippen molar-refractivity contribution in [2.45, 2.75) is 58.5 Å². The first-order valence-electron chi connectivity index (χ1n) is 10.5. The number of carbonyl (C=O) groups is 1. The summed E-state index contributed by atoms with van der Waals surface area (Å²) in [5.41, 5.74) is 8.92. The molecule has 2 heterocycles. The van der Waals surface area contributed by atoms with Crippen LogP contribution in [-0.4, -0.2) is 32.4 Å². The average Bonchev–Trinajstić information content (AvgIpc) is 2.68. The van der Waals surface area contributed by atoms with E-state index in [1.54, 1.807) is 6.92 Å². The van der Waals surface area contributed by atoms with Crippen LogP contribution in [0.15, 0.2) is 29.3 Å². The molecule has 0 amide bonds. The van der Waals surface area contributed by atoms with Crippen molar-refractivity contribution in [1.29, 1.82) is 0 Å². The summed E-state index contributed by atoms with van der Waals surface area (Å²) in [6.45, 7) is 5.72. The monoisotopic (exact) mass is 408 g/mol. The van der Waals surface area contributed by atoms with Crippen LogP contribution in [0.2, 0.25) is 0 Å². The number of aromatic nitrogens is 2. The number of carboxylic acids is 1.